The molecule has 4 fully saturated rings. The van der Waals surface area contributed by atoms with Gasteiger partial charge in [0.2, 0.25) is 11.8 Å². The first-order chi connectivity index (χ1) is 21.0. The maximum absolute atomic E-state index is 14.4. The first-order valence-electron chi connectivity index (χ1n) is 15.0. The largest absolute Gasteiger partial charge is 0.508 e. The van der Waals surface area contributed by atoms with Gasteiger partial charge >= 0.3 is 0 Å². The molecule has 0 aromatic heterocycles. The Hall–Kier alpha value is -3.43. The molecule has 2 heterocycles. The Kier molecular flexibility index (Phi) is 6.86. The van der Waals surface area contributed by atoms with Gasteiger partial charge in [-0.15, -0.1) is 23.2 Å². The molecule has 3 aliphatic carbocycles. The lowest BCUT2D eigenvalue weighted by Crippen LogP contribution is -2.60. The predicted octanol–water partition coefficient (Wildman–Crippen LogP) is 5.44. The summed E-state index contributed by atoms with van der Waals surface area (Å²) in [5.41, 5.74) is 0.881. The molecule has 2 aliphatic heterocycles. The molecule has 2 saturated heterocycles. The number of likely N-dealkylation sites (tertiary alicyclic amines) is 1. The number of anilines is 1. The summed E-state index contributed by atoms with van der Waals surface area (Å²) in [6, 6.07) is 9.18. The van der Waals surface area contributed by atoms with Crippen molar-refractivity contribution in [2.24, 2.45) is 17.8 Å². The van der Waals surface area contributed by atoms with Gasteiger partial charge in [0, 0.05) is 17.5 Å². The molecule has 44 heavy (non-hydrogen) atoms. The average Bonchev–Trinajstić information content (AvgIpc) is 3.36. The third kappa shape index (κ3) is 3.87. The molecule has 2 saturated carbocycles. The Labute approximate surface area is 263 Å². The van der Waals surface area contributed by atoms with Gasteiger partial charge in [0.05, 0.1) is 24.6 Å². The third-order valence-corrected chi connectivity index (χ3v) is 11.8. The highest BCUT2D eigenvalue weighted by atomic mass is 35.5. The van der Waals surface area contributed by atoms with Gasteiger partial charge in [-0.05, 0) is 74.1 Å². The van der Waals surface area contributed by atoms with Gasteiger partial charge in [-0.1, -0.05) is 30.9 Å². The number of nitrogens with zero attached hydrogens (tertiary/aromatic N) is 2. The topological polar surface area (TPSA) is 104 Å². The lowest BCUT2D eigenvalue weighted by atomic mass is 9.56. The maximum atomic E-state index is 14.4. The normalized spacial score (nSPS) is 33.7. The van der Waals surface area contributed by atoms with Crippen LogP contribution in [0.3, 0.4) is 0 Å². The third-order valence-electron chi connectivity index (χ3n) is 10.4. The molecule has 7 rings (SSSR count). The lowest BCUT2D eigenvalue weighted by Gasteiger charge is -2.50. The standard InChI is InChI=1S/C33H31Cl2FN2O6/c1-44-20-11-14-25(39)23(15-20)27-21-12-13-22-26(29(41)37(28(22)40)18-5-3-2-4-6-18)24(21)16-32(34)30(42)38(31(43)33(27,32)35)19-9-7-17(36)8-10-19/h7-12,14-15,18,22,24,26-27,39H,2-6,13,16H2,1H3/t22-,24+,26-,27+,32+,33-/m0/s1. The summed E-state index contributed by atoms with van der Waals surface area (Å²) in [6.45, 7) is 0. The first kappa shape index (κ1) is 29.3. The Morgan fingerprint density at radius 2 is 1.64 bits per heavy atom. The minimum atomic E-state index is -2.13. The van der Waals surface area contributed by atoms with Crippen molar-refractivity contribution >= 4 is 52.5 Å². The summed E-state index contributed by atoms with van der Waals surface area (Å²) in [5, 5.41) is 11.2. The van der Waals surface area contributed by atoms with Crippen LogP contribution in [0.5, 0.6) is 11.5 Å². The van der Waals surface area contributed by atoms with E-state index in [9.17, 15) is 28.7 Å². The van der Waals surface area contributed by atoms with Crippen LogP contribution in [0.15, 0.2) is 54.1 Å². The molecule has 2 aromatic carbocycles. The number of carbonyl (C=O) groups excluding carboxylic acids is 4. The van der Waals surface area contributed by atoms with Crippen LogP contribution >= 0.6 is 23.2 Å². The fourth-order valence-corrected chi connectivity index (χ4v) is 9.29. The molecular formula is C33H31Cl2FN2O6. The molecule has 11 heteroatoms. The molecule has 5 aliphatic rings. The summed E-state index contributed by atoms with van der Waals surface area (Å²) in [6.07, 6.45) is 6.37. The fraction of sp³-hybridized carbons (Fsp3) is 0.455. The molecule has 0 unspecified atom stereocenters. The van der Waals surface area contributed by atoms with Crippen LogP contribution in [0.1, 0.15) is 56.4 Å². The van der Waals surface area contributed by atoms with Gasteiger partial charge in [-0.3, -0.25) is 24.1 Å². The van der Waals surface area contributed by atoms with E-state index in [0.717, 1.165) is 49.1 Å². The summed E-state index contributed by atoms with van der Waals surface area (Å²) in [7, 11) is 1.45. The second kappa shape index (κ2) is 10.3. The van der Waals surface area contributed by atoms with Crippen molar-refractivity contribution in [3.63, 3.8) is 0 Å². The quantitative estimate of drug-likeness (QED) is 0.271. The zero-order chi connectivity index (χ0) is 31.1. The van der Waals surface area contributed by atoms with Gasteiger partial charge in [-0.2, -0.15) is 0 Å². The second-order valence-electron chi connectivity index (χ2n) is 12.5. The molecule has 0 radical (unpaired) electrons. The second-order valence-corrected chi connectivity index (χ2v) is 13.8. The molecular weight excluding hydrogens is 610 g/mol. The Bertz CT molecular complexity index is 1620. The Morgan fingerprint density at radius 3 is 2.32 bits per heavy atom. The zero-order valence-electron chi connectivity index (χ0n) is 24.0. The van der Waals surface area contributed by atoms with Crippen LogP contribution in [0.25, 0.3) is 0 Å². The number of phenols is 1. The van der Waals surface area contributed by atoms with Crippen LogP contribution in [0.4, 0.5) is 10.1 Å². The van der Waals surface area contributed by atoms with Gasteiger partial charge in [0.15, 0.2) is 9.75 Å². The monoisotopic (exact) mass is 640 g/mol. The molecule has 6 atom stereocenters. The number of alkyl halides is 2. The van der Waals surface area contributed by atoms with Crippen molar-refractivity contribution in [1.29, 1.82) is 0 Å². The van der Waals surface area contributed by atoms with E-state index in [0.29, 0.717) is 11.3 Å². The zero-order valence-corrected chi connectivity index (χ0v) is 25.5. The van der Waals surface area contributed by atoms with Crippen LogP contribution in [0.2, 0.25) is 0 Å². The number of hydrogen-bond donors (Lipinski definition) is 1. The maximum Gasteiger partial charge on any atom is 0.258 e. The molecule has 2 aromatic rings. The molecule has 8 nitrogen and oxygen atoms in total. The van der Waals surface area contributed by atoms with Crippen molar-refractivity contribution < 1.29 is 33.4 Å². The van der Waals surface area contributed by atoms with Gasteiger partial charge in [0.25, 0.3) is 11.8 Å². The Balaban J connectivity index is 1.40. The number of hydrogen-bond acceptors (Lipinski definition) is 6. The van der Waals surface area contributed by atoms with E-state index < -0.39 is 51.1 Å². The number of carbonyl (C=O) groups is 4. The highest BCUT2D eigenvalue weighted by Gasteiger charge is 2.77. The Morgan fingerprint density at radius 1 is 0.932 bits per heavy atom. The van der Waals surface area contributed by atoms with E-state index >= 15 is 0 Å². The summed E-state index contributed by atoms with van der Waals surface area (Å²) in [4.78, 5) is 54.8. The summed E-state index contributed by atoms with van der Waals surface area (Å²) < 4.78 is 19.3. The van der Waals surface area contributed by atoms with Crippen molar-refractivity contribution in [1.82, 2.24) is 4.90 Å². The van der Waals surface area contributed by atoms with E-state index in [1.165, 1.54) is 30.2 Å². The molecule has 0 spiro atoms. The van der Waals surface area contributed by atoms with Crippen molar-refractivity contribution in [3.8, 4) is 11.5 Å². The predicted molar refractivity (Wildman–Crippen MR) is 160 cm³/mol. The van der Waals surface area contributed by atoms with Crippen LogP contribution in [-0.2, 0) is 19.2 Å². The van der Waals surface area contributed by atoms with Crippen LogP contribution in [0, 0.1) is 23.6 Å². The first-order valence-corrected chi connectivity index (χ1v) is 15.7. The van der Waals surface area contributed by atoms with Crippen molar-refractivity contribution in [2.45, 2.75) is 66.7 Å². The van der Waals surface area contributed by atoms with Crippen LogP contribution < -0.4 is 9.64 Å². The molecule has 0 bridgehead atoms. The van der Waals surface area contributed by atoms with E-state index in [4.69, 9.17) is 27.9 Å². The number of imide groups is 2. The summed E-state index contributed by atoms with van der Waals surface area (Å²) >= 11 is 14.7. The van der Waals surface area contributed by atoms with Crippen molar-refractivity contribution in [3.05, 3.63) is 65.5 Å². The number of rotatable bonds is 4. The van der Waals surface area contributed by atoms with E-state index in [2.05, 4.69) is 0 Å². The highest BCUT2D eigenvalue weighted by Crippen LogP contribution is 2.66. The van der Waals surface area contributed by atoms with Gasteiger partial charge in [0.1, 0.15) is 17.3 Å². The minimum Gasteiger partial charge on any atom is -0.508 e. The minimum absolute atomic E-state index is 0.0925. The number of fused-ring (bicyclic) bond motifs is 4. The van der Waals surface area contributed by atoms with E-state index in [1.54, 1.807) is 12.1 Å². The van der Waals surface area contributed by atoms with Gasteiger partial charge in [-0.25, -0.2) is 9.29 Å². The number of halogens is 3. The molecule has 1 N–H and O–H groups in total. The summed E-state index contributed by atoms with van der Waals surface area (Å²) in [5.74, 6) is -5.78. The van der Waals surface area contributed by atoms with E-state index in [-0.39, 0.29) is 47.7 Å². The van der Waals surface area contributed by atoms with Crippen molar-refractivity contribution in [2.75, 3.05) is 12.0 Å². The number of allylic oxidation sites excluding steroid dienone is 2. The SMILES string of the molecule is COc1ccc(O)c([C@H]2C3=CC[C@@H]4C(=O)N(C5CCCCC5)C(=O)[C@@H]4[C@@H]3C[C@@]3(Cl)C(=O)N(c4ccc(F)cc4)C(=O)[C@@]23Cl)c1. The van der Waals surface area contributed by atoms with Gasteiger partial charge < -0.3 is 9.84 Å². The highest BCUT2D eigenvalue weighted by molar-refractivity contribution is 6.58. The molecule has 230 valence electrons. The number of methoxy groups -OCH3 is 1. The average molecular weight is 642 g/mol. The number of benzene rings is 2. The number of phenolic OH excluding ortho intramolecular Hbond substituents is 1. The van der Waals surface area contributed by atoms with E-state index in [1.807, 2.05) is 6.08 Å². The number of ether oxygens (including phenoxy) is 1. The number of amides is 4. The molecule has 4 amide bonds. The fourth-order valence-electron chi connectivity index (χ4n) is 8.36. The number of aromatic hydroxyl groups is 1. The lowest BCUT2D eigenvalue weighted by molar-refractivity contribution is -0.143. The smallest absolute Gasteiger partial charge is 0.258 e. The van der Waals surface area contributed by atoms with Crippen LogP contribution in [-0.4, -0.2) is 56.5 Å².